The third kappa shape index (κ3) is 2.63. The Kier molecular flexibility index (Phi) is 3.70. The van der Waals surface area contributed by atoms with Gasteiger partial charge in [0.1, 0.15) is 13.2 Å². The number of hydrogen-bond donors (Lipinski definition) is 1. The normalized spacial score (nSPS) is 12.9. The van der Waals surface area contributed by atoms with Crippen LogP contribution in [0.5, 0.6) is 11.5 Å². The van der Waals surface area contributed by atoms with Gasteiger partial charge in [-0.2, -0.15) is 0 Å². The van der Waals surface area contributed by atoms with E-state index >= 15 is 0 Å². The van der Waals surface area contributed by atoms with Gasteiger partial charge in [-0.25, -0.2) is 0 Å². The Labute approximate surface area is 143 Å². The molecule has 0 radical (unpaired) electrons. The lowest BCUT2D eigenvalue weighted by Gasteiger charge is -2.20. The molecule has 0 atom stereocenters. The summed E-state index contributed by atoms with van der Waals surface area (Å²) in [5.41, 5.74) is 1.60. The highest BCUT2D eigenvalue weighted by atomic mass is 35.5. The summed E-state index contributed by atoms with van der Waals surface area (Å²) >= 11 is 6.25. The first-order chi connectivity index (χ1) is 11.7. The molecular weight excluding hydrogens is 328 g/mol. The van der Waals surface area contributed by atoms with Crippen molar-refractivity contribution in [2.75, 3.05) is 18.5 Å². The number of halogens is 1. The molecule has 0 spiro atoms. The molecule has 1 aromatic heterocycles. The van der Waals surface area contributed by atoms with Crippen LogP contribution >= 0.6 is 11.6 Å². The zero-order valence-corrected chi connectivity index (χ0v) is 13.3. The molecule has 0 fully saturated rings. The zero-order chi connectivity index (χ0) is 16.5. The number of nitrogens with zero attached hydrogens (tertiary/aromatic N) is 1. The molecular formula is C18H13ClN2O3. The van der Waals surface area contributed by atoms with Crippen LogP contribution in [0.1, 0.15) is 10.4 Å². The second-order valence-electron chi connectivity index (χ2n) is 5.31. The molecule has 24 heavy (non-hydrogen) atoms. The quantitative estimate of drug-likeness (QED) is 0.768. The lowest BCUT2D eigenvalue weighted by molar-refractivity contribution is 0.102. The van der Waals surface area contributed by atoms with Crippen LogP contribution in [0.15, 0.2) is 48.7 Å². The van der Waals surface area contributed by atoms with Crippen molar-refractivity contribution < 1.29 is 14.3 Å². The Morgan fingerprint density at radius 1 is 1.08 bits per heavy atom. The fourth-order valence-corrected chi connectivity index (χ4v) is 2.84. The van der Waals surface area contributed by atoms with Gasteiger partial charge < -0.3 is 14.8 Å². The molecule has 2 heterocycles. The van der Waals surface area contributed by atoms with Gasteiger partial charge in [0.25, 0.3) is 5.91 Å². The van der Waals surface area contributed by atoms with E-state index in [1.54, 1.807) is 24.4 Å². The maximum absolute atomic E-state index is 12.7. The molecule has 1 amide bonds. The largest absolute Gasteiger partial charge is 0.486 e. The van der Waals surface area contributed by atoms with Gasteiger partial charge in [-0.15, -0.1) is 0 Å². The highest BCUT2D eigenvalue weighted by molar-refractivity contribution is 6.34. The summed E-state index contributed by atoms with van der Waals surface area (Å²) in [6.45, 7) is 0.950. The number of fused-ring (bicyclic) bond motifs is 2. The summed E-state index contributed by atoms with van der Waals surface area (Å²) in [5, 5.41) is 4.11. The number of carbonyl (C=O) groups is 1. The van der Waals surface area contributed by atoms with E-state index in [0.717, 1.165) is 5.39 Å². The van der Waals surface area contributed by atoms with Crippen molar-refractivity contribution in [1.82, 2.24) is 4.98 Å². The van der Waals surface area contributed by atoms with E-state index in [4.69, 9.17) is 21.1 Å². The van der Waals surface area contributed by atoms with Crippen LogP contribution in [-0.4, -0.2) is 24.1 Å². The van der Waals surface area contributed by atoms with Gasteiger partial charge in [0.2, 0.25) is 0 Å². The predicted octanol–water partition coefficient (Wildman–Crippen LogP) is 3.91. The van der Waals surface area contributed by atoms with Crippen molar-refractivity contribution in [3.05, 3.63) is 59.2 Å². The Balaban J connectivity index is 1.69. The summed E-state index contributed by atoms with van der Waals surface area (Å²) in [5.74, 6) is 0.867. The third-order valence-electron chi connectivity index (χ3n) is 3.76. The number of pyridine rings is 1. The second kappa shape index (κ2) is 6.02. The number of nitrogens with one attached hydrogen (secondary N) is 1. The van der Waals surface area contributed by atoms with E-state index in [0.29, 0.717) is 46.5 Å². The second-order valence-corrected chi connectivity index (χ2v) is 5.72. The fraction of sp³-hybridized carbons (Fsp3) is 0.111. The summed E-state index contributed by atoms with van der Waals surface area (Å²) in [4.78, 5) is 17.0. The Morgan fingerprint density at radius 2 is 1.83 bits per heavy atom. The topological polar surface area (TPSA) is 60.5 Å². The van der Waals surface area contributed by atoms with Crippen molar-refractivity contribution in [3.63, 3.8) is 0 Å². The maximum atomic E-state index is 12.7. The van der Waals surface area contributed by atoms with E-state index in [1.807, 2.05) is 24.3 Å². The highest BCUT2D eigenvalue weighted by Crippen LogP contribution is 2.38. The summed E-state index contributed by atoms with van der Waals surface area (Å²) in [6, 6.07) is 12.5. The number of rotatable bonds is 2. The standard InChI is InChI=1S/C18H13ClN2O3/c19-13-9-15-16(24-8-7-23-15)10-14(13)21-18(22)12-5-1-3-11-4-2-6-20-17(11)12/h1-6,9-10H,7-8H2,(H,21,22). The minimum Gasteiger partial charge on any atom is -0.486 e. The number of anilines is 1. The molecule has 4 rings (SSSR count). The van der Waals surface area contributed by atoms with E-state index < -0.39 is 0 Å². The highest BCUT2D eigenvalue weighted by Gasteiger charge is 2.18. The minimum atomic E-state index is -0.280. The molecule has 0 saturated heterocycles. The first-order valence-electron chi connectivity index (χ1n) is 7.46. The Bertz CT molecular complexity index is 937. The Hall–Kier alpha value is -2.79. The molecule has 1 aliphatic rings. The maximum Gasteiger partial charge on any atom is 0.257 e. The van der Waals surface area contributed by atoms with E-state index in [1.165, 1.54) is 0 Å². The van der Waals surface area contributed by atoms with Crippen molar-refractivity contribution in [1.29, 1.82) is 0 Å². The number of aromatic nitrogens is 1. The summed E-state index contributed by atoms with van der Waals surface area (Å²) in [7, 11) is 0. The molecule has 0 saturated carbocycles. The van der Waals surface area contributed by atoms with Gasteiger partial charge in [0.05, 0.1) is 21.8 Å². The van der Waals surface area contributed by atoms with Crippen molar-refractivity contribution in [2.24, 2.45) is 0 Å². The van der Waals surface area contributed by atoms with Crippen LogP contribution in [0.2, 0.25) is 5.02 Å². The van der Waals surface area contributed by atoms with Gasteiger partial charge in [0, 0.05) is 23.7 Å². The van der Waals surface area contributed by atoms with E-state index in [9.17, 15) is 4.79 Å². The van der Waals surface area contributed by atoms with Crippen molar-refractivity contribution >= 4 is 34.1 Å². The molecule has 1 N–H and O–H groups in total. The zero-order valence-electron chi connectivity index (χ0n) is 12.6. The molecule has 0 bridgehead atoms. The fourth-order valence-electron chi connectivity index (χ4n) is 2.64. The lowest BCUT2D eigenvalue weighted by atomic mass is 10.1. The van der Waals surface area contributed by atoms with Gasteiger partial charge in [-0.3, -0.25) is 9.78 Å². The van der Waals surface area contributed by atoms with Gasteiger partial charge in [0.15, 0.2) is 11.5 Å². The molecule has 5 nitrogen and oxygen atoms in total. The lowest BCUT2D eigenvalue weighted by Crippen LogP contribution is -2.17. The van der Waals surface area contributed by atoms with E-state index in [-0.39, 0.29) is 5.91 Å². The smallest absolute Gasteiger partial charge is 0.257 e. The van der Waals surface area contributed by atoms with Gasteiger partial charge >= 0.3 is 0 Å². The van der Waals surface area contributed by atoms with Crippen molar-refractivity contribution in [3.8, 4) is 11.5 Å². The number of carbonyl (C=O) groups excluding carboxylic acids is 1. The third-order valence-corrected chi connectivity index (χ3v) is 4.07. The summed E-state index contributed by atoms with van der Waals surface area (Å²) in [6.07, 6.45) is 1.66. The average Bonchev–Trinajstić information content (AvgIpc) is 2.62. The van der Waals surface area contributed by atoms with Crippen LogP contribution in [0, 0.1) is 0 Å². The number of amides is 1. The molecule has 120 valence electrons. The number of hydrogen-bond acceptors (Lipinski definition) is 4. The van der Waals surface area contributed by atoms with Crippen LogP contribution in [0.4, 0.5) is 5.69 Å². The minimum absolute atomic E-state index is 0.280. The molecule has 2 aromatic carbocycles. The molecule has 3 aromatic rings. The van der Waals surface area contributed by atoms with Crippen molar-refractivity contribution in [2.45, 2.75) is 0 Å². The average molecular weight is 341 g/mol. The molecule has 1 aliphatic heterocycles. The monoisotopic (exact) mass is 340 g/mol. The van der Waals surface area contributed by atoms with Crippen LogP contribution in [0.3, 0.4) is 0 Å². The van der Waals surface area contributed by atoms with Crippen LogP contribution < -0.4 is 14.8 Å². The number of para-hydroxylation sites is 1. The van der Waals surface area contributed by atoms with Gasteiger partial charge in [-0.1, -0.05) is 29.8 Å². The molecule has 0 aliphatic carbocycles. The van der Waals surface area contributed by atoms with Crippen LogP contribution in [0.25, 0.3) is 10.9 Å². The number of ether oxygens (including phenoxy) is 2. The number of benzene rings is 2. The van der Waals surface area contributed by atoms with Gasteiger partial charge in [-0.05, 0) is 12.1 Å². The first kappa shape index (κ1) is 14.8. The predicted molar refractivity (Wildman–Crippen MR) is 92.1 cm³/mol. The Morgan fingerprint density at radius 3 is 2.67 bits per heavy atom. The van der Waals surface area contributed by atoms with Crippen LogP contribution in [-0.2, 0) is 0 Å². The molecule has 0 unspecified atom stereocenters. The SMILES string of the molecule is O=C(Nc1cc2c(cc1Cl)OCCO2)c1cccc2cccnc12. The molecule has 6 heteroatoms. The van der Waals surface area contributed by atoms with E-state index in [2.05, 4.69) is 10.3 Å². The first-order valence-corrected chi connectivity index (χ1v) is 7.84. The summed E-state index contributed by atoms with van der Waals surface area (Å²) < 4.78 is 11.0.